The minimum atomic E-state index is -0.0940. The predicted octanol–water partition coefficient (Wildman–Crippen LogP) is 2.97. The highest BCUT2D eigenvalue weighted by molar-refractivity contribution is 5.92. The van der Waals surface area contributed by atoms with Gasteiger partial charge in [0.25, 0.3) is 0 Å². The van der Waals surface area contributed by atoms with Gasteiger partial charge in [-0.05, 0) is 35.4 Å². The highest BCUT2D eigenvalue weighted by atomic mass is 16.6. The maximum Gasteiger partial charge on any atom is 0.238 e. The summed E-state index contributed by atoms with van der Waals surface area (Å²) in [6, 6.07) is 13.7. The molecule has 8 heteroatoms. The molecule has 0 aliphatic carbocycles. The number of ether oxygens (including phenoxy) is 2. The van der Waals surface area contributed by atoms with Gasteiger partial charge in [-0.25, -0.2) is 0 Å². The molecule has 0 spiro atoms. The summed E-state index contributed by atoms with van der Waals surface area (Å²) in [4.78, 5) is 33.6. The van der Waals surface area contributed by atoms with Crippen LogP contribution in [0.3, 0.4) is 0 Å². The van der Waals surface area contributed by atoms with E-state index in [1.54, 1.807) is 13.0 Å². The Morgan fingerprint density at radius 1 is 1.03 bits per heavy atom. The summed E-state index contributed by atoms with van der Waals surface area (Å²) in [7, 11) is 0. The zero-order valence-electron chi connectivity index (χ0n) is 19.9. The third-order valence-electron chi connectivity index (χ3n) is 6.58. The van der Waals surface area contributed by atoms with E-state index < -0.39 is 0 Å². The number of nitrogens with one attached hydrogen (secondary N) is 1. The number of fused-ring (bicyclic) bond motifs is 2. The van der Waals surface area contributed by atoms with Crippen LogP contribution in [-0.2, 0) is 16.0 Å². The SMILES string of the molecule is CC(=O)N1CCN(CC(=O)Nc2ccc3c(c2)OCCO3)C[C@H](Cc2cncc3ccccc23)C1. The third-order valence-corrected chi connectivity index (χ3v) is 6.58. The standard InChI is InChI=1S/C27H30N4O4/c1-19(32)31-9-8-30(18-27(33)29-23-6-7-25-26(13-23)35-11-10-34-25)16-20(17-31)12-22-15-28-14-21-4-2-3-5-24(21)22/h2-7,13-15,20H,8-12,16-18H2,1H3,(H,29,33)/t20-/m0/s1. The number of amides is 2. The first-order valence-electron chi connectivity index (χ1n) is 12.0. The average Bonchev–Trinajstić information content (AvgIpc) is 3.06. The average molecular weight is 475 g/mol. The lowest BCUT2D eigenvalue weighted by atomic mass is 9.96. The Labute approximate surface area is 204 Å². The first kappa shape index (κ1) is 23.1. The maximum absolute atomic E-state index is 12.9. The minimum Gasteiger partial charge on any atom is -0.486 e. The molecule has 2 amide bonds. The van der Waals surface area contributed by atoms with E-state index in [1.165, 1.54) is 10.9 Å². The van der Waals surface area contributed by atoms with Gasteiger partial charge in [-0.3, -0.25) is 19.5 Å². The fourth-order valence-corrected chi connectivity index (χ4v) is 4.92. The lowest BCUT2D eigenvalue weighted by Crippen LogP contribution is -2.37. The summed E-state index contributed by atoms with van der Waals surface area (Å²) in [5, 5.41) is 5.27. The number of aromatic nitrogens is 1. The molecule has 0 bridgehead atoms. The van der Waals surface area contributed by atoms with Crippen molar-refractivity contribution in [1.82, 2.24) is 14.8 Å². The number of hydrogen-bond donors (Lipinski definition) is 1. The van der Waals surface area contributed by atoms with Gasteiger partial charge >= 0.3 is 0 Å². The van der Waals surface area contributed by atoms with Crippen molar-refractivity contribution in [3.8, 4) is 11.5 Å². The lowest BCUT2D eigenvalue weighted by Gasteiger charge is -2.24. The van der Waals surface area contributed by atoms with E-state index in [2.05, 4.69) is 27.3 Å². The number of pyridine rings is 1. The Kier molecular flexibility index (Phi) is 6.81. The Morgan fingerprint density at radius 2 is 1.86 bits per heavy atom. The first-order valence-corrected chi connectivity index (χ1v) is 12.0. The first-order chi connectivity index (χ1) is 17.0. The van der Waals surface area contributed by atoms with Crippen LogP contribution in [0, 0.1) is 5.92 Å². The van der Waals surface area contributed by atoms with Crippen molar-refractivity contribution < 1.29 is 19.1 Å². The zero-order valence-corrected chi connectivity index (χ0v) is 19.9. The number of nitrogens with zero attached hydrogens (tertiary/aromatic N) is 3. The monoisotopic (exact) mass is 474 g/mol. The van der Waals surface area contributed by atoms with E-state index >= 15 is 0 Å². The molecular formula is C27H30N4O4. The van der Waals surface area contributed by atoms with Crippen molar-refractivity contribution in [2.75, 3.05) is 51.3 Å². The molecule has 35 heavy (non-hydrogen) atoms. The summed E-state index contributed by atoms with van der Waals surface area (Å²) < 4.78 is 11.2. The Bertz CT molecular complexity index is 1230. The number of benzene rings is 2. The van der Waals surface area contributed by atoms with Gasteiger partial charge in [-0.2, -0.15) is 0 Å². The quantitative estimate of drug-likeness (QED) is 0.612. The van der Waals surface area contributed by atoms with Crippen molar-refractivity contribution in [2.24, 2.45) is 5.92 Å². The second-order valence-electron chi connectivity index (χ2n) is 9.20. The summed E-state index contributed by atoms with van der Waals surface area (Å²) >= 11 is 0. The van der Waals surface area contributed by atoms with Crippen molar-refractivity contribution in [3.05, 3.63) is 60.4 Å². The number of hydrogen-bond acceptors (Lipinski definition) is 6. The van der Waals surface area contributed by atoms with Crippen LogP contribution in [0.5, 0.6) is 11.5 Å². The molecule has 3 aromatic rings. The summed E-state index contributed by atoms with van der Waals surface area (Å²) in [5.41, 5.74) is 1.84. The molecule has 2 aliphatic heterocycles. The third kappa shape index (κ3) is 5.54. The van der Waals surface area contributed by atoms with Gasteiger partial charge in [-0.15, -0.1) is 0 Å². The largest absolute Gasteiger partial charge is 0.486 e. The predicted molar refractivity (Wildman–Crippen MR) is 134 cm³/mol. The summed E-state index contributed by atoms with van der Waals surface area (Å²) in [5.74, 6) is 1.50. The molecule has 1 saturated heterocycles. The second kappa shape index (κ2) is 10.3. The molecule has 1 fully saturated rings. The summed E-state index contributed by atoms with van der Waals surface area (Å²) in [6.45, 7) is 5.54. The van der Waals surface area contributed by atoms with Gasteiger partial charge in [0, 0.05) is 62.6 Å². The van der Waals surface area contributed by atoms with Crippen LogP contribution in [0.15, 0.2) is 54.9 Å². The fraction of sp³-hybridized carbons (Fsp3) is 0.370. The minimum absolute atomic E-state index is 0.0635. The number of carbonyl (C=O) groups excluding carboxylic acids is 2. The van der Waals surface area contributed by atoms with Crippen LogP contribution < -0.4 is 14.8 Å². The van der Waals surface area contributed by atoms with Crippen LogP contribution >= 0.6 is 0 Å². The fourth-order valence-electron chi connectivity index (χ4n) is 4.92. The Hall–Kier alpha value is -3.65. The Balaban J connectivity index is 1.28. The highest BCUT2D eigenvalue weighted by Crippen LogP contribution is 2.32. The molecule has 2 aliphatic rings. The Morgan fingerprint density at radius 3 is 2.71 bits per heavy atom. The molecule has 2 aromatic carbocycles. The highest BCUT2D eigenvalue weighted by Gasteiger charge is 2.26. The van der Waals surface area contributed by atoms with Gasteiger partial charge in [0.2, 0.25) is 11.8 Å². The molecule has 1 N–H and O–H groups in total. The van der Waals surface area contributed by atoms with Crippen LogP contribution in [0.1, 0.15) is 12.5 Å². The van der Waals surface area contributed by atoms with Gasteiger partial charge in [0.15, 0.2) is 11.5 Å². The molecule has 8 nitrogen and oxygen atoms in total. The molecule has 0 unspecified atom stereocenters. The molecule has 0 radical (unpaired) electrons. The van der Waals surface area contributed by atoms with E-state index in [4.69, 9.17) is 9.47 Å². The molecule has 1 atom stereocenters. The van der Waals surface area contributed by atoms with Gasteiger partial charge < -0.3 is 19.7 Å². The van der Waals surface area contributed by atoms with E-state index in [9.17, 15) is 9.59 Å². The van der Waals surface area contributed by atoms with Crippen LogP contribution in [0.2, 0.25) is 0 Å². The maximum atomic E-state index is 12.9. The van der Waals surface area contributed by atoms with E-state index in [0.717, 1.165) is 18.4 Å². The number of carbonyl (C=O) groups is 2. The molecular weight excluding hydrogens is 444 g/mol. The molecule has 0 saturated carbocycles. The lowest BCUT2D eigenvalue weighted by molar-refractivity contribution is -0.129. The van der Waals surface area contributed by atoms with Crippen molar-refractivity contribution >= 4 is 28.3 Å². The molecule has 3 heterocycles. The van der Waals surface area contributed by atoms with Gasteiger partial charge in [0.05, 0.1) is 6.54 Å². The van der Waals surface area contributed by atoms with Crippen molar-refractivity contribution in [3.63, 3.8) is 0 Å². The van der Waals surface area contributed by atoms with E-state index in [0.29, 0.717) is 50.0 Å². The molecule has 1 aromatic heterocycles. The van der Waals surface area contributed by atoms with Gasteiger partial charge in [-0.1, -0.05) is 24.3 Å². The molecule has 182 valence electrons. The van der Waals surface area contributed by atoms with Crippen molar-refractivity contribution in [1.29, 1.82) is 0 Å². The normalized spacial score (nSPS) is 18.2. The second-order valence-corrected chi connectivity index (χ2v) is 9.20. The summed E-state index contributed by atoms with van der Waals surface area (Å²) in [6.07, 6.45) is 4.59. The van der Waals surface area contributed by atoms with E-state index in [1.807, 2.05) is 41.6 Å². The molecule has 5 rings (SSSR count). The number of anilines is 1. The van der Waals surface area contributed by atoms with Gasteiger partial charge in [0.1, 0.15) is 13.2 Å². The number of rotatable bonds is 5. The zero-order chi connectivity index (χ0) is 24.2. The topological polar surface area (TPSA) is 84.0 Å². The van der Waals surface area contributed by atoms with Crippen LogP contribution in [0.25, 0.3) is 10.8 Å². The smallest absolute Gasteiger partial charge is 0.238 e. The van der Waals surface area contributed by atoms with Crippen LogP contribution in [-0.4, -0.2) is 72.5 Å². The van der Waals surface area contributed by atoms with Crippen LogP contribution in [0.4, 0.5) is 5.69 Å². The van der Waals surface area contributed by atoms with Crippen molar-refractivity contribution in [2.45, 2.75) is 13.3 Å². The van der Waals surface area contributed by atoms with E-state index in [-0.39, 0.29) is 24.3 Å².